The first kappa shape index (κ1) is 12.2. The zero-order valence-electron chi connectivity index (χ0n) is 8.55. The van der Waals surface area contributed by atoms with Crippen molar-refractivity contribution in [3.8, 4) is 0 Å². The van der Waals surface area contributed by atoms with E-state index in [-0.39, 0.29) is 0 Å². The Morgan fingerprint density at radius 3 is 3.00 bits per heavy atom. The molecule has 0 bridgehead atoms. The van der Waals surface area contributed by atoms with Gasteiger partial charge in [-0.15, -0.1) is 11.3 Å². The second-order valence-corrected chi connectivity index (χ2v) is 5.61. The number of methoxy groups -OCH3 is 1. The van der Waals surface area contributed by atoms with Crippen molar-refractivity contribution in [3.05, 3.63) is 20.8 Å². The Hall–Kier alpha value is 0.100. The van der Waals surface area contributed by atoms with Crippen LogP contribution in [0.4, 0.5) is 0 Å². The maximum atomic E-state index is 5.02. The Balaban J connectivity index is 2.20. The molecule has 0 spiro atoms. The molecule has 1 atom stereocenters. The van der Waals surface area contributed by atoms with Gasteiger partial charge >= 0.3 is 0 Å². The summed E-state index contributed by atoms with van der Waals surface area (Å²) in [5, 5.41) is 5.62. The highest BCUT2D eigenvalue weighted by molar-refractivity contribution is 9.11. The lowest BCUT2D eigenvalue weighted by Crippen LogP contribution is -2.26. The molecule has 0 aliphatic rings. The largest absolute Gasteiger partial charge is 0.385 e. The highest BCUT2D eigenvalue weighted by atomic mass is 79.9. The monoisotopic (exact) mass is 277 g/mol. The zero-order valence-corrected chi connectivity index (χ0v) is 11.0. The van der Waals surface area contributed by atoms with Crippen LogP contribution in [0.1, 0.15) is 18.9 Å². The van der Waals surface area contributed by atoms with E-state index in [9.17, 15) is 0 Å². The topological polar surface area (TPSA) is 21.3 Å². The molecule has 0 aliphatic carbocycles. The minimum absolute atomic E-state index is 0.508. The van der Waals surface area contributed by atoms with Crippen LogP contribution >= 0.6 is 27.3 Å². The van der Waals surface area contributed by atoms with Crippen molar-refractivity contribution >= 4 is 27.3 Å². The fourth-order valence-corrected chi connectivity index (χ4v) is 2.34. The molecular formula is C10H16BrNOS. The van der Waals surface area contributed by atoms with Gasteiger partial charge in [-0.2, -0.15) is 0 Å². The molecule has 0 aromatic carbocycles. The standard InChI is InChI=1S/C10H16BrNOS/c1-8(3-4-13-2)12-6-9-5-10(11)14-7-9/h5,7-8,12H,3-4,6H2,1-2H3. The highest BCUT2D eigenvalue weighted by Gasteiger charge is 2.02. The van der Waals surface area contributed by atoms with E-state index in [4.69, 9.17) is 4.74 Å². The van der Waals surface area contributed by atoms with Gasteiger partial charge in [-0.25, -0.2) is 0 Å². The average Bonchev–Trinajstić information content (AvgIpc) is 2.58. The normalized spacial score (nSPS) is 13.1. The molecule has 2 nitrogen and oxygen atoms in total. The van der Waals surface area contributed by atoms with Crippen LogP contribution in [-0.2, 0) is 11.3 Å². The molecule has 0 saturated heterocycles. The lowest BCUT2D eigenvalue weighted by atomic mass is 10.2. The summed E-state index contributed by atoms with van der Waals surface area (Å²) in [6.07, 6.45) is 1.06. The van der Waals surface area contributed by atoms with Gasteiger partial charge in [0.15, 0.2) is 0 Å². The number of rotatable bonds is 6. The fourth-order valence-electron chi connectivity index (χ4n) is 1.13. The first-order valence-electron chi connectivity index (χ1n) is 4.67. The Morgan fingerprint density at radius 2 is 2.43 bits per heavy atom. The maximum Gasteiger partial charge on any atom is 0.0701 e. The first-order valence-corrected chi connectivity index (χ1v) is 6.35. The van der Waals surface area contributed by atoms with Gasteiger partial charge in [-0.3, -0.25) is 0 Å². The smallest absolute Gasteiger partial charge is 0.0701 e. The molecule has 0 amide bonds. The van der Waals surface area contributed by atoms with Crippen LogP contribution in [0.5, 0.6) is 0 Å². The van der Waals surface area contributed by atoms with Crippen molar-refractivity contribution in [2.75, 3.05) is 13.7 Å². The minimum atomic E-state index is 0.508. The van der Waals surface area contributed by atoms with Crippen molar-refractivity contribution in [2.24, 2.45) is 0 Å². The van der Waals surface area contributed by atoms with Crippen LogP contribution < -0.4 is 5.32 Å². The van der Waals surface area contributed by atoms with Crippen LogP contribution in [0, 0.1) is 0 Å². The number of hydrogen-bond acceptors (Lipinski definition) is 3. The van der Waals surface area contributed by atoms with Gasteiger partial charge in [0, 0.05) is 26.3 Å². The molecule has 1 N–H and O–H groups in total. The van der Waals surface area contributed by atoms with Crippen LogP contribution in [0.2, 0.25) is 0 Å². The number of ether oxygens (including phenoxy) is 1. The third kappa shape index (κ3) is 4.55. The number of thiophene rings is 1. The van der Waals surface area contributed by atoms with E-state index in [1.807, 2.05) is 0 Å². The summed E-state index contributed by atoms with van der Waals surface area (Å²) in [5.41, 5.74) is 1.34. The second kappa shape index (κ2) is 6.56. The summed E-state index contributed by atoms with van der Waals surface area (Å²) in [6.45, 7) is 3.94. The summed E-state index contributed by atoms with van der Waals surface area (Å²) in [7, 11) is 1.74. The summed E-state index contributed by atoms with van der Waals surface area (Å²) in [4.78, 5) is 0. The number of halogens is 1. The lowest BCUT2D eigenvalue weighted by molar-refractivity contribution is 0.184. The minimum Gasteiger partial charge on any atom is -0.385 e. The van der Waals surface area contributed by atoms with Crippen molar-refractivity contribution in [3.63, 3.8) is 0 Å². The van der Waals surface area contributed by atoms with E-state index in [1.165, 1.54) is 9.35 Å². The van der Waals surface area contributed by atoms with E-state index < -0.39 is 0 Å². The third-order valence-corrected chi connectivity index (χ3v) is 3.58. The number of hydrogen-bond donors (Lipinski definition) is 1. The summed E-state index contributed by atoms with van der Waals surface area (Å²) in [5.74, 6) is 0. The lowest BCUT2D eigenvalue weighted by Gasteiger charge is -2.12. The SMILES string of the molecule is COCCC(C)NCc1csc(Br)c1. The molecule has 14 heavy (non-hydrogen) atoms. The average molecular weight is 278 g/mol. The molecule has 1 unspecified atom stereocenters. The Labute approximate surface area is 97.8 Å². The quantitative estimate of drug-likeness (QED) is 0.863. The summed E-state index contributed by atoms with van der Waals surface area (Å²) < 4.78 is 6.22. The van der Waals surface area contributed by atoms with Crippen molar-refractivity contribution < 1.29 is 4.74 Å². The molecule has 0 aliphatic heterocycles. The van der Waals surface area contributed by atoms with Crippen LogP contribution in [0.3, 0.4) is 0 Å². The Kier molecular flexibility index (Phi) is 5.70. The van der Waals surface area contributed by atoms with Gasteiger partial charge in [-0.05, 0) is 46.3 Å². The van der Waals surface area contributed by atoms with E-state index in [0.717, 1.165) is 19.6 Å². The first-order chi connectivity index (χ1) is 6.72. The predicted octanol–water partition coefficient (Wildman–Crippen LogP) is 3.03. The van der Waals surface area contributed by atoms with Gasteiger partial charge in [-0.1, -0.05) is 0 Å². The molecule has 80 valence electrons. The predicted molar refractivity (Wildman–Crippen MR) is 64.8 cm³/mol. The summed E-state index contributed by atoms with van der Waals surface area (Å²) >= 11 is 5.18. The molecular weight excluding hydrogens is 262 g/mol. The van der Waals surface area contributed by atoms with Gasteiger partial charge in [0.25, 0.3) is 0 Å². The van der Waals surface area contributed by atoms with E-state index >= 15 is 0 Å². The van der Waals surface area contributed by atoms with Gasteiger partial charge in [0.1, 0.15) is 0 Å². The summed E-state index contributed by atoms with van der Waals surface area (Å²) in [6, 6.07) is 2.66. The van der Waals surface area contributed by atoms with Crippen molar-refractivity contribution in [1.29, 1.82) is 0 Å². The highest BCUT2D eigenvalue weighted by Crippen LogP contribution is 2.20. The molecule has 4 heteroatoms. The maximum absolute atomic E-state index is 5.02. The molecule has 1 rings (SSSR count). The molecule has 0 saturated carbocycles. The fraction of sp³-hybridized carbons (Fsp3) is 0.600. The molecule has 1 heterocycles. The van der Waals surface area contributed by atoms with E-state index in [0.29, 0.717) is 6.04 Å². The Bertz CT molecular complexity index is 264. The van der Waals surface area contributed by atoms with Crippen molar-refractivity contribution in [2.45, 2.75) is 25.9 Å². The van der Waals surface area contributed by atoms with Gasteiger partial charge in [0.2, 0.25) is 0 Å². The zero-order chi connectivity index (χ0) is 10.4. The second-order valence-electron chi connectivity index (χ2n) is 3.32. The molecule has 1 aromatic heterocycles. The van der Waals surface area contributed by atoms with E-state index in [2.05, 4.69) is 39.6 Å². The van der Waals surface area contributed by atoms with Crippen molar-refractivity contribution in [1.82, 2.24) is 5.32 Å². The van der Waals surface area contributed by atoms with Crippen LogP contribution in [-0.4, -0.2) is 19.8 Å². The molecule has 1 aromatic rings. The van der Waals surface area contributed by atoms with Crippen LogP contribution in [0.25, 0.3) is 0 Å². The van der Waals surface area contributed by atoms with Crippen LogP contribution in [0.15, 0.2) is 15.2 Å². The molecule has 0 fully saturated rings. The van der Waals surface area contributed by atoms with E-state index in [1.54, 1.807) is 18.4 Å². The Morgan fingerprint density at radius 1 is 1.64 bits per heavy atom. The van der Waals surface area contributed by atoms with Gasteiger partial charge in [0.05, 0.1) is 3.79 Å². The molecule has 0 radical (unpaired) electrons. The van der Waals surface area contributed by atoms with Gasteiger partial charge < -0.3 is 10.1 Å². The third-order valence-electron chi connectivity index (χ3n) is 2.03. The number of nitrogens with one attached hydrogen (secondary N) is 1.